The molecule has 5 nitrogen and oxygen atoms in total. The first-order valence-corrected chi connectivity index (χ1v) is 11.0. The van der Waals surface area contributed by atoms with Gasteiger partial charge in [0.05, 0.1) is 21.7 Å². The van der Waals surface area contributed by atoms with Gasteiger partial charge in [-0.25, -0.2) is 8.78 Å². The highest BCUT2D eigenvalue weighted by molar-refractivity contribution is 6.36. The van der Waals surface area contributed by atoms with Gasteiger partial charge >= 0.3 is 0 Å². The van der Waals surface area contributed by atoms with E-state index in [1.807, 2.05) is 18.3 Å². The first kappa shape index (κ1) is 20.2. The highest BCUT2D eigenvalue weighted by Gasteiger charge is 2.49. The number of aliphatic hydroxyl groups is 1. The first-order valence-electron chi connectivity index (χ1n) is 10.6. The summed E-state index contributed by atoms with van der Waals surface area (Å²) in [6, 6.07) is 5.95. The molecule has 1 spiro atoms. The molecule has 2 aromatic rings. The molecule has 2 saturated carbocycles. The van der Waals surface area contributed by atoms with E-state index in [2.05, 4.69) is 15.2 Å². The molecule has 2 aliphatic carbocycles. The number of carbonyl (C=O) groups is 1. The van der Waals surface area contributed by atoms with Crippen molar-refractivity contribution in [2.75, 3.05) is 19.6 Å². The largest absolute Gasteiger partial charge is 0.388 e. The summed E-state index contributed by atoms with van der Waals surface area (Å²) in [7, 11) is 0. The Morgan fingerprint density at radius 2 is 1.93 bits per heavy atom. The lowest BCUT2D eigenvalue weighted by Crippen LogP contribution is -2.60. The van der Waals surface area contributed by atoms with Crippen LogP contribution in [0.25, 0.3) is 10.9 Å². The van der Waals surface area contributed by atoms with E-state index in [9.17, 15) is 18.7 Å². The van der Waals surface area contributed by atoms with E-state index in [-0.39, 0.29) is 38.1 Å². The minimum Gasteiger partial charge on any atom is -0.388 e. The van der Waals surface area contributed by atoms with E-state index in [0.29, 0.717) is 27.4 Å². The Hall–Kier alpha value is -1.70. The van der Waals surface area contributed by atoms with Crippen LogP contribution >= 0.6 is 11.6 Å². The van der Waals surface area contributed by atoms with Gasteiger partial charge in [0.1, 0.15) is 0 Å². The Labute approximate surface area is 178 Å². The number of nitrogens with one attached hydrogen (secondary N) is 2. The summed E-state index contributed by atoms with van der Waals surface area (Å²) in [5, 5.41) is 17.9. The molecule has 3 fully saturated rings. The van der Waals surface area contributed by atoms with Crippen molar-refractivity contribution in [2.24, 2.45) is 5.41 Å². The van der Waals surface area contributed by atoms with E-state index >= 15 is 0 Å². The Bertz CT molecular complexity index is 984. The molecule has 30 heavy (non-hydrogen) atoms. The predicted molar refractivity (Wildman–Crippen MR) is 111 cm³/mol. The number of aromatic nitrogens is 1. The van der Waals surface area contributed by atoms with Crippen LogP contribution in [-0.4, -0.2) is 46.7 Å². The number of carbonyl (C=O) groups excluding carboxylic acids is 1. The molecule has 1 saturated heterocycles. The van der Waals surface area contributed by atoms with Crippen molar-refractivity contribution in [1.82, 2.24) is 15.2 Å². The second-order valence-corrected chi connectivity index (χ2v) is 9.92. The Morgan fingerprint density at radius 1 is 1.23 bits per heavy atom. The van der Waals surface area contributed by atoms with E-state index in [1.54, 1.807) is 6.07 Å². The second kappa shape index (κ2) is 6.90. The van der Waals surface area contributed by atoms with Gasteiger partial charge in [-0.15, -0.1) is 0 Å². The number of halogens is 3. The maximum absolute atomic E-state index is 13.4. The molecule has 3 aliphatic rings. The van der Waals surface area contributed by atoms with Crippen molar-refractivity contribution >= 4 is 28.4 Å². The van der Waals surface area contributed by atoms with E-state index in [1.165, 1.54) is 0 Å². The third kappa shape index (κ3) is 3.41. The molecule has 1 amide bonds. The van der Waals surface area contributed by atoms with Gasteiger partial charge in [-0.1, -0.05) is 17.7 Å². The summed E-state index contributed by atoms with van der Waals surface area (Å²) in [5.74, 6) is -3.07. The van der Waals surface area contributed by atoms with Crippen molar-refractivity contribution in [3.05, 3.63) is 35.0 Å². The van der Waals surface area contributed by atoms with Crippen molar-refractivity contribution in [3.63, 3.8) is 0 Å². The smallest absolute Gasteiger partial charge is 0.253 e. The van der Waals surface area contributed by atoms with Crippen LogP contribution in [0.1, 0.15) is 54.9 Å². The van der Waals surface area contributed by atoms with Crippen LogP contribution in [0.15, 0.2) is 24.4 Å². The van der Waals surface area contributed by atoms with Crippen molar-refractivity contribution in [1.29, 1.82) is 0 Å². The number of hydrogen-bond donors (Lipinski definition) is 3. The minimum atomic E-state index is -2.73. The summed E-state index contributed by atoms with van der Waals surface area (Å²) < 4.78 is 29.0. The molecule has 0 bridgehead atoms. The number of benzene rings is 1. The summed E-state index contributed by atoms with van der Waals surface area (Å²) in [5.41, 5.74) is 0.495. The maximum atomic E-state index is 13.4. The topological polar surface area (TPSA) is 66.3 Å². The monoisotopic (exact) mass is 437 g/mol. The number of fused-ring (bicyclic) bond motifs is 1. The third-order valence-electron chi connectivity index (χ3n) is 7.27. The first-order chi connectivity index (χ1) is 14.2. The van der Waals surface area contributed by atoms with Crippen LogP contribution in [0, 0.1) is 5.41 Å². The van der Waals surface area contributed by atoms with E-state index in [4.69, 9.17) is 11.6 Å². The molecule has 0 unspecified atom stereocenters. The highest BCUT2D eigenvalue weighted by Crippen LogP contribution is 2.52. The van der Waals surface area contributed by atoms with Crippen molar-refractivity contribution in [2.45, 2.75) is 56.1 Å². The number of alkyl halides is 2. The molecule has 1 aliphatic heterocycles. The Morgan fingerprint density at radius 3 is 2.57 bits per heavy atom. The van der Waals surface area contributed by atoms with Gasteiger partial charge in [-0.3, -0.25) is 4.79 Å². The lowest BCUT2D eigenvalue weighted by molar-refractivity contribution is -0.101. The molecule has 1 aromatic carbocycles. The van der Waals surface area contributed by atoms with Crippen molar-refractivity contribution in [3.8, 4) is 0 Å². The van der Waals surface area contributed by atoms with Gasteiger partial charge in [-0.05, 0) is 43.2 Å². The summed E-state index contributed by atoms with van der Waals surface area (Å²) in [4.78, 5) is 13.0. The highest BCUT2D eigenvalue weighted by atomic mass is 35.5. The number of amides is 1. The van der Waals surface area contributed by atoms with Crippen molar-refractivity contribution < 1.29 is 18.7 Å². The lowest BCUT2D eigenvalue weighted by atomic mass is 9.61. The van der Waals surface area contributed by atoms with E-state index in [0.717, 1.165) is 31.4 Å². The fraction of sp³-hybridized carbons (Fsp3) is 0.591. The normalized spacial score (nSPS) is 26.2. The van der Waals surface area contributed by atoms with Crippen LogP contribution in [0.2, 0.25) is 5.02 Å². The Balaban J connectivity index is 1.35. The molecule has 0 atom stereocenters. The van der Waals surface area contributed by atoms with Gasteiger partial charge in [0.2, 0.25) is 5.92 Å². The zero-order valence-electron chi connectivity index (χ0n) is 16.7. The third-order valence-corrected chi connectivity index (χ3v) is 7.59. The maximum Gasteiger partial charge on any atom is 0.253 e. The zero-order chi connectivity index (χ0) is 21.1. The van der Waals surface area contributed by atoms with Crippen LogP contribution in [-0.2, 0) is 0 Å². The lowest BCUT2D eigenvalue weighted by Gasteiger charge is -2.54. The van der Waals surface area contributed by atoms with Crippen LogP contribution in [0.5, 0.6) is 0 Å². The quantitative estimate of drug-likeness (QED) is 0.679. The summed E-state index contributed by atoms with van der Waals surface area (Å²) in [6.07, 6.45) is 3.23. The average molecular weight is 438 g/mol. The Kier molecular flexibility index (Phi) is 4.65. The SMILES string of the molecule is O=C(NCC1(O)CCC(F)(F)CC1)c1cn(C2CC3(CNC3)C2)c2cccc(Cl)c12. The molecule has 5 rings (SSSR count). The van der Waals surface area contributed by atoms with Crippen LogP contribution in [0.3, 0.4) is 0 Å². The molecule has 0 radical (unpaired) electrons. The van der Waals surface area contributed by atoms with Gasteiger partial charge in [0.25, 0.3) is 5.91 Å². The fourth-order valence-electron chi connectivity index (χ4n) is 5.24. The predicted octanol–water partition coefficient (Wildman–Crippen LogP) is 3.89. The summed E-state index contributed by atoms with van der Waals surface area (Å²) >= 11 is 6.45. The summed E-state index contributed by atoms with van der Waals surface area (Å²) in [6.45, 7) is 2.06. The van der Waals surface area contributed by atoms with E-state index < -0.39 is 11.5 Å². The molecule has 162 valence electrons. The van der Waals surface area contributed by atoms with Crippen LogP contribution < -0.4 is 10.6 Å². The standard InChI is InChI=1S/C22H26ClF2N3O2/c23-16-2-1-3-17-18(16)15(10-28(17)14-8-20(9-14)11-26-12-20)19(29)27-13-21(30)4-6-22(24,25)7-5-21/h1-3,10,14,26,30H,4-9,11-13H2,(H,27,29). The number of rotatable bonds is 4. The van der Waals surface area contributed by atoms with Crippen LogP contribution in [0.4, 0.5) is 8.78 Å². The van der Waals surface area contributed by atoms with Gasteiger partial charge < -0.3 is 20.3 Å². The van der Waals surface area contributed by atoms with Gasteiger partial charge in [-0.2, -0.15) is 0 Å². The number of hydrogen-bond acceptors (Lipinski definition) is 3. The molecule has 8 heteroatoms. The average Bonchev–Trinajstić information content (AvgIpc) is 3.02. The second-order valence-electron chi connectivity index (χ2n) is 9.51. The minimum absolute atomic E-state index is 0.0268. The molecule has 3 N–H and O–H groups in total. The van der Waals surface area contributed by atoms with Gasteiger partial charge in [0.15, 0.2) is 0 Å². The molecular weight excluding hydrogens is 412 g/mol. The van der Waals surface area contributed by atoms with Gasteiger partial charge in [0, 0.05) is 50.1 Å². The fourth-order valence-corrected chi connectivity index (χ4v) is 5.52. The number of nitrogens with zero attached hydrogens (tertiary/aromatic N) is 1. The molecule has 1 aromatic heterocycles. The molecule has 2 heterocycles. The zero-order valence-corrected chi connectivity index (χ0v) is 17.4. The molecular formula is C22H26ClF2N3O2.